The lowest BCUT2D eigenvalue weighted by atomic mass is 10.1. The molecule has 0 saturated carbocycles. The van der Waals surface area contributed by atoms with E-state index in [0.29, 0.717) is 42.2 Å². The molecule has 3 aromatic rings. The standard InChI is InChI=1S/C20H23F2N5O2.C3H8/c1-3-9-23-26-18-20(28)27(10-11-29-4-2)19-17(24-18)8-7-16(25-19)13-5-6-14(21)15(22)12-13;1-3-2/h5-8,12,23H,3-4,9-11H2,1-2H3,(H,24,26);3H2,1-2H3. The molecule has 0 saturated heterocycles. The van der Waals surface area contributed by atoms with Crippen molar-refractivity contribution in [1.82, 2.24) is 20.0 Å². The number of anilines is 1. The Bertz CT molecular complexity index is 1070. The topological polar surface area (TPSA) is 81.1 Å². The summed E-state index contributed by atoms with van der Waals surface area (Å²) in [6, 6.07) is 6.91. The molecule has 2 aromatic heterocycles. The summed E-state index contributed by atoms with van der Waals surface area (Å²) in [5.74, 6) is -1.73. The minimum atomic E-state index is -0.960. The van der Waals surface area contributed by atoms with Crippen molar-refractivity contribution in [3.63, 3.8) is 0 Å². The van der Waals surface area contributed by atoms with Crippen molar-refractivity contribution in [1.29, 1.82) is 0 Å². The molecular formula is C23H31F2N5O2. The molecule has 0 amide bonds. The second-order valence-electron chi connectivity index (χ2n) is 7.04. The molecule has 2 heterocycles. The first-order chi connectivity index (χ1) is 15.5. The third kappa shape index (κ3) is 6.54. The fraction of sp³-hybridized carbons (Fsp3) is 0.435. The molecule has 174 valence electrons. The highest BCUT2D eigenvalue weighted by Crippen LogP contribution is 2.22. The number of halogens is 2. The van der Waals surface area contributed by atoms with Crippen LogP contribution in [-0.2, 0) is 11.3 Å². The molecule has 0 unspecified atom stereocenters. The van der Waals surface area contributed by atoms with Crippen molar-refractivity contribution >= 4 is 17.0 Å². The van der Waals surface area contributed by atoms with Gasteiger partial charge in [0.1, 0.15) is 5.52 Å². The Kier molecular flexibility index (Phi) is 10.2. The second kappa shape index (κ2) is 12.8. The molecular weight excluding hydrogens is 416 g/mol. The Hall–Kier alpha value is -2.91. The number of hydrogen-bond donors (Lipinski definition) is 2. The van der Waals surface area contributed by atoms with Gasteiger partial charge in [0.05, 0.1) is 18.8 Å². The summed E-state index contributed by atoms with van der Waals surface area (Å²) in [6.45, 7) is 9.93. The Balaban J connectivity index is 0.00000114. The molecule has 0 fully saturated rings. The molecule has 0 atom stereocenters. The Labute approximate surface area is 186 Å². The van der Waals surface area contributed by atoms with Crippen LogP contribution < -0.4 is 16.4 Å². The predicted molar refractivity (Wildman–Crippen MR) is 124 cm³/mol. The molecule has 1 aromatic carbocycles. The Morgan fingerprint density at radius 1 is 1.03 bits per heavy atom. The third-order valence-electron chi connectivity index (χ3n) is 4.25. The van der Waals surface area contributed by atoms with Crippen LogP contribution in [0, 0.1) is 11.6 Å². The zero-order valence-electron chi connectivity index (χ0n) is 19.0. The number of hydrogen-bond acceptors (Lipinski definition) is 6. The van der Waals surface area contributed by atoms with Crippen molar-refractivity contribution in [3.05, 3.63) is 52.3 Å². The summed E-state index contributed by atoms with van der Waals surface area (Å²) in [5, 5.41) is 0. The van der Waals surface area contributed by atoms with Gasteiger partial charge in [0, 0.05) is 18.7 Å². The molecule has 0 spiro atoms. The van der Waals surface area contributed by atoms with Crippen LogP contribution in [-0.4, -0.2) is 34.3 Å². The number of hydrazine groups is 1. The van der Waals surface area contributed by atoms with Gasteiger partial charge in [0.2, 0.25) is 5.82 Å². The summed E-state index contributed by atoms with van der Waals surface area (Å²) in [7, 11) is 0. The number of pyridine rings is 1. The number of ether oxygens (including phenoxy) is 1. The van der Waals surface area contributed by atoms with Gasteiger partial charge >= 0.3 is 0 Å². The molecule has 2 N–H and O–H groups in total. The lowest BCUT2D eigenvalue weighted by molar-refractivity contribution is 0.139. The Morgan fingerprint density at radius 3 is 2.44 bits per heavy atom. The van der Waals surface area contributed by atoms with Crippen molar-refractivity contribution in [3.8, 4) is 11.3 Å². The van der Waals surface area contributed by atoms with Crippen LogP contribution in [0.4, 0.5) is 14.6 Å². The lowest BCUT2D eigenvalue weighted by Crippen LogP contribution is -2.32. The molecule has 0 radical (unpaired) electrons. The van der Waals surface area contributed by atoms with Crippen LogP contribution in [0.15, 0.2) is 35.1 Å². The minimum Gasteiger partial charge on any atom is -0.380 e. The molecule has 9 heteroatoms. The first-order valence-corrected chi connectivity index (χ1v) is 10.9. The third-order valence-corrected chi connectivity index (χ3v) is 4.25. The van der Waals surface area contributed by atoms with E-state index in [1.807, 2.05) is 13.8 Å². The van der Waals surface area contributed by atoms with E-state index in [-0.39, 0.29) is 17.9 Å². The van der Waals surface area contributed by atoms with Crippen LogP contribution in [0.2, 0.25) is 0 Å². The normalized spacial score (nSPS) is 10.7. The van der Waals surface area contributed by atoms with Gasteiger partial charge in [-0.2, -0.15) is 0 Å². The fourth-order valence-electron chi connectivity index (χ4n) is 2.80. The minimum absolute atomic E-state index is 0.157. The molecule has 0 aliphatic rings. The number of nitrogens with one attached hydrogen (secondary N) is 2. The number of nitrogens with zero attached hydrogens (tertiary/aromatic N) is 3. The quantitative estimate of drug-likeness (QED) is 0.371. The monoisotopic (exact) mass is 447 g/mol. The van der Waals surface area contributed by atoms with E-state index in [1.54, 1.807) is 12.1 Å². The summed E-state index contributed by atoms with van der Waals surface area (Å²) in [6.07, 6.45) is 2.14. The summed E-state index contributed by atoms with van der Waals surface area (Å²) >= 11 is 0. The highest BCUT2D eigenvalue weighted by atomic mass is 19.2. The maximum atomic E-state index is 13.6. The van der Waals surface area contributed by atoms with Gasteiger partial charge < -0.3 is 10.2 Å². The van der Waals surface area contributed by atoms with Crippen molar-refractivity contribution in [2.24, 2.45) is 0 Å². The van der Waals surface area contributed by atoms with Crippen LogP contribution >= 0.6 is 0 Å². The van der Waals surface area contributed by atoms with E-state index in [0.717, 1.165) is 18.6 Å². The second-order valence-corrected chi connectivity index (χ2v) is 7.04. The van der Waals surface area contributed by atoms with Gasteiger partial charge in [-0.15, -0.1) is 0 Å². The van der Waals surface area contributed by atoms with Crippen LogP contribution in [0.25, 0.3) is 22.4 Å². The van der Waals surface area contributed by atoms with Crippen molar-refractivity contribution in [2.75, 3.05) is 25.2 Å². The molecule has 32 heavy (non-hydrogen) atoms. The molecule has 0 bridgehead atoms. The number of aromatic nitrogens is 3. The summed E-state index contributed by atoms with van der Waals surface area (Å²) in [4.78, 5) is 21.8. The zero-order valence-corrected chi connectivity index (χ0v) is 19.0. The number of benzene rings is 1. The highest BCUT2D eigenvalue weighted by Gasteiger charge is 2.14. The maximum absolute atomic E-state index is 13.6. The van der Waals surface area contributed by atoms with E-state index in [9.17, 15) is 13.6 Å². The predicted octanol–water partition coefficient (Wildman–Crippen LogP) is 4.52. The van der Waals surface area contributed by atoms with Crippen LogP contribution in [0.1, 0.15) is 40.5 Å². The zero-order chi connectivity index (χ0) is 23.5. The van der Waals surface area contributed by atoms with Gasteiger partial charge in [-0.3, -0.25) is 9.36 Å². The van der Waals surface area contributed by atoms with E-state index in [2.05, 4.69) is 34.7 Å². The molecule has 3 rings (SSSR count). The highest BCUT2D eigenvalue weighted by molar-refractivity contribution is 5.76. The van der Waals surface area contributed by atoms with E-state index < -0.39 is 11.6 Å². The maximum Gasteiger partial charge on any atom is 0.296 e. The van der Waals surface area contributed by atoms with E-state index >= 15 is 0 Å². The average molecular weight is 448 g/mol. The summed E-state index contributed by atoms with van der Waals surface area (Å²) in [5.41, 5.74) is 7.09. The van der Waals surface area contributed by atoms with Crippen LogP contribution in [0.5, 0.6) is 0 Å². The molecule has 0 aliphatic heterocycles. The molecule has 7 nitrogen and oxygen atoms in total. The van der Waals surface area contributed by atoms with Crippen LogP contribution in [0.3, 0.4) is 0 Å². The summed E-state index contributed by atoms with van der Waals surface area (Å²) < 4.78 is 33.7. The Morgan fingerprint density at radius 2 is 1.78 bits per heavy atom. The smallest absolute Gasteiger partial charge is 0.296 e. The van der Waals surface area contributed by atoms with Gasteiger partial charge in [-0.1, -0.05) is 27.2 Å². The van der Waals surface area contributed by atoms with Gasteiger partial charge in [0.15, 0.2) is 17.3 Å². The van der Waals surface area contributed by atoms with E-state index in [4.69, 9.17) is 4.74 Å². The first kappa shape index (κ1) is 25.4. The van der Waals surface area contributed by atoms with Gasteiger partial charge in [-0.05, 0) is 43.7 Å². The fourth-order valence-corrected chi connectivity index (χ4v) is 2.80. The molecule has 0 aliphatic carbocycles. The van der Waals surface area contributed by atoms with Crippen molar-refractivity contribution < 1.29 is 13.5 Å². The van der Waals surface area contributed by atoms with Crippen molar-refractivity contribution in [2.45, 2.75) is 47.1 Å². The SMILES string of the molecule is CCC.CCCNNc1nc2ccc(-c3ccc(F)c(F)c3)nc2n(CCOCC)c1=O. The number of fused-ring (bicyclic) bond motifs is 1. The lowest BCUT2D eigenvalue weighted by Gasteiger charge is -2.14. The van der Waals surface area contributed by atoms with E-state index in [1.165, 1.54) is 17.1 Å². The number of rotatable bonds is 9. The van der Waals surface area contributed by atoms with Gasteiger partial charge in [0.25, 0.3) is 5.56 Å². The van der Waals surface area contributed by atoms with Gasteiger partial charge in [-0.25, -0.2) is 24.2 Å². The largest absolute Gasteiger partial charge is 0.380 e. The first-order valence-electron chi connectivity index (χ1n) is 10.9. The average Bonchev–Trinajstić information content (AvgIpc) is 2.78.